The third kappa shape index (κ3) is 8.60. The van der Waals surface area contributed by atoms with Crippen LogP contribution < -0.4 is 15.0 Å². The Hall–Kier alpha value is -3.43. The number of ether oxygens (including phenoxy) is 3. The molecule has 1 aliphatic heterocycles. The number of amides is 1. The second-order valence-electron chi connectivity index (χ2n) is 12.0. The van der Waals surface area contributed by atoms with Crippen molar-refractivity contribution in [1.82, 2.24) is 5.32 Å². The molecule has 238 valence electrons. The van der Waals surface area contributed by atoms with Gasteiger partial charge in [0, 0.05) is 60.4 Å². The number of nitrogens with one attached hydrogen (secondary N) is 1. The minimum Gasteiger partial charge on any atom is -0.457 e. The number of hydrogen-bond donors (Lipinski definition) is 2. The maximum atomic E-state index is 13.6. The van der Waals surface area contributed by atoms with Gasteiger partial charge < -0.3 is 34.0 Å². The predicted octanol–water partition coefficient (Wildman–Crippen LogP) is 5.35. The van der Waals surface area contributed by atoms with Gasteiger partial charge in [-0.25, -0.2) is 0 Å². The van der Waals surface area contributed by atoms with Gasteiger partial charge >= 0.3 is 0 Å². The fraction of sp³-hybridized carbons (Fsp3) is 0.472. The van der Waals surface area contributed by atoms with Gasteiger partial charge in [0.15, 0.2) is 0 Å². The number of quaternary nitrogens is 1. The van der Waals surface area contributed by atoms with Crippen LogP contribution in [0.3, 0.4) is 0 Å². The summed E-state index contributed by atoms with van der Waals surface area (Å²) >= 11 is 0. The van der Waals surface area contributed by atoms with E-state index in [0.717, 1.165) is 76.5 Å². The molecule has 1 heterocycles. The highest BCUT2D eigenvalue weighted by Crippen LogP contribution is 2.49. The largest absolute Gasteiger partial charge is 0.457 e. The van der Waals surface area contributed by atoms with Gasteiger partial charge in [-0.3, -0.25) is 4.79 Å². The number of rotatable bonds is 17. The smallest absolute Gasteiger partial charge is 0.251 e. The molecule has 1 atom stereocenters. The molecule has 2 N–H and O–H groups in total. The molecule has 3 aromatic carbocycles. The number of aryl methyl sites for hydroxylation is 1. The Labute approximate surface area is 263 Å². The van der Waals surface area contributed by atoms with E-state index in [1.165, 1.54) is 0 Å². The van der Waals surface area contributed by atoms with Crippen molar-refractivity contribution < 1.29 is 28.6 Å². The predicted molar refractivity (Wildman–Crippen MR) is 176 cm³/mol. The quantitative estimate of drug-likeness (QED) is 0.125. The molecule has 1 aliphatic rings. The normalized spacial score (nSPS) is 14.0. The van der Waals surface area contributed by atoms with Crippen molar-refractivity contribution in [3.05, 3.63) is 88.5 Å². The number of benzene rings is 3. The van der Waals surface area contributed by atoms with Crippen LogP contribution >= 0.6 is 0 Å². The van der Waals surface area contributed by atoms with Crippen LogP contribution in [0.15, 0.2) is 60.7 Å². The van der Waals surface area contributed by atoms with Gasteiger partial charge in [-0.1, -0.05) is 36.4 Å². The molecule has 0 aromatic heterocycles. The number of carbonyl (C=O) groups is 1. The topological polar surface area (TPSA) is 80.3 Å². The second-order valence-corrected chi connectivity index (χ2v) is 12.0. The Morgan fingerprint density at radius 1 is 0.886 bits per heavy atom. The number of likely N-dealkylation sites (N-methyl/N-ethyl adjacent to an activating group) is 1. The molecule has 0 spiro atoms. The number of nitrogens with zero attached hydrogens (tertiary/aromatic N) is 2. The molecule has 0 aliphatic carbocycles. The Balaban J connectivity index is 1.45. The first-order valence-electron chi connectivity index (χ1n) is 15.9. The lowest BCUT2D eigenvalue weighted by molar-refractivity contribution is -0.890. The fourth-order valence-corrected chi connectivity index (χ4v) is 5.79. The van der Waals surface area contributed by atoms with Crippen LogP contribution in [-0.4, -0.2) is 95.4 Å². The van der Waals surface area contributed by atoms with E-state index in [-0.39, 0.29) is 18.4 Å². The molecule has 0 saturated heterocycles. The van der Waals surface area contributed by atoms with E-state index in [0.29, 0.717) is 38.5 Å². The standard InChI is InChI=1S/C36H49N3O5/c1-6-38(7-2)28-14-16-32-34(26-28)44-33-25-27(3)13-15-31(33)35(32)29-11-8-9-12-30(29)36(41)37-17-10-18-39(4,5)19-21-42-23-24-43-22-20-40/h8-9,11-16,25-26,35,40H,6-7,10,17-24H2,1-5H3/p+1. The summed E-state index contributed by atoms with van der Waals surface area (Å²) < 4.78 is 18.2. The maximum Gasteiger partial charge on any atom is 0.251 e. The van der Waals surface area contributed by atoms with Crippen molar-refractivity contribution in [2.45, 2.75) is 33.1 Å². The van der Waals surface area contributed by atoms with Gasteiger partial charge in [0.05, 0.1) is 53.7 Å². The van der Waals surface area contributed by atoms with Crippen LogP contribution in [0.4, 0.5) is 5.69 Å². The van der Waals surface area contributed by atoms with Gasteiger partial charge in [-0.2, -0.15) is 0 Å². The Kier molecular flexibility index (Phi) is 12.2. The van der Waals surface area contributed by atoms with E-state index in [1.807, 2.05) is 18.2 Å². The summed E-state index contributed by atoms with van der Waals surface area (Å²) in [5.41, 5.74) is 6.08. The first kappa shape index (κ1) is 33.5. The summed E-state index contributed by atoms with van der Waals surface area (Å²) in [7, 11) is 4.35. The van der Waals surface area contributed by atoms with Crippen LogP contribution in [-0.2, 0) is 9.47 Å². The van der Waals surface area contributed by atoms with Crippen LogP contribution in [0.1, 0.15) is 58.8 Å². The number of fused-ring (bicyclic) bond motifs is 2. The molecule has 0 fully saturated rings. The molecule has 1 amide bonds. The zero-order valence-corrected chi connectivity index (χ0v) is 27.1. The molecule has 3 aromatic rings. The summed E-state index contributed by atoms with van der Waals surface area (Å²) in [4.78, 5) is 16.0. The number of hydrogen-bond acceptors (Lipinski definition) is 6. The summed E-state index contributed by atoms with van der Waals surface area (Å²) in [5, 5.41) is 12.0. The minimum atomic E-state index is -0.119. The lowest BCUT2D eigenvalue weighted by Gasteiger charge is -2.31. The van der Waals surface area contributed by atoms with Crippen molar-refractivity contribution in [3.8, 4) is 11.5 Å². The Bertz CT molecular complexity index is 1370. The lowest BCUT2D eigenvalue weighted by atomic mass is 9.80. The van der Waals surface area contributed by atoms with Gasteiger partial charge in [-0.15, -0.1) is 0 Å². The Morgan fingerprint density at radius 3 is 2.30 bits per heavy atom. The van der Waals surface area contributed by atoms with Crippen LogP contribution in [0.5, 0.6) is 11.5 Å². The second kappa shape index (κ2) is 16.0. The van der Waals surface area contributed by atoms with Gasteiger partial charge in [0.2, 0.25) is 0 Å². The average molecular weight is 605 g/mol. The molecule has 0 saturated carbocycles. The van der Waals surface area contributed by atoms with E-state index >= 15 is 0 Å². The van der Waals surface area contributed by atoms with Crippen molar-refractivity contribution in [3.63, 3.8) is 0 Å². The fourth-order valence-electron chi connectivity index (χ4n) is 5.79. The first-order chi connectivity index (χ1) is 21.3. The number of aliphatic hydroxyl groups excluding tert-OH is 1. The van der Waals surface area contributed by atoms with E-state index in [4.69, 9.17) is 19.3 Å². The van der Waals surface area contributed by atoms with E-state index < -0.39 is 0 Å². The average Bonchev–Trinajstić information content (AvgIpc) is 3.02. The zero-order valence-electron chi connectivity index (χ0n) is 27.1. The van der Waals surface area contributed by atoms with E-state index in [9.17, 15) is 4.79 Å². The maximum absolute atomic E-state index is 13.6. The summed E-state index contributed by atoms with van der Waals surface area (Å²) in [6, 6.07) is 20.8. The summed E-state index contributed by atoms with van der Waals surface area (Å²) in [6.45, 7) is 12.6. The molecule has 8 nitrogen and oxygen atoms in total. The SMILES string of the molecule is CCN(CC)c1ccc2c(c1)Oc1cc(C)ccc1C2c1ccccc1C(=O)NCCC[N+](C)(C)CCOCCOCCO. The highest BCUT2D eigenvalue weighted by Gasteiger charge is 2.32. The summed E-state index contributed by atoms with van der Waals surface area (Å²) in [5.74, 6) is 1.51. The van der Waals surface area contributed by atoms with Gasteiger partial charge in [-0.05, 0) is 50.1 Å². The summed E-state index contributed by atoms with van der Waals surface area (Å²) in [6.07, 6.45) is 0.858. The minimum absolute atomic E-state index is 0.0290. The number of anilines is 1. The molecular formula is C36H50N3O5+. The van der Waals surface area contributed by atoms with Crippen molar-refractivity contribution in [2.24, 2.45) is 0 Å². The van der Waals surface area contributed by atoms with E-state index in [2.05, 4.69) is 87.5 Å². The van der Waals surface area contributed by atoms with Crippen molar-refractivity contribution >= 4 is 11.6 Å². The van der Waals surface area contributed by atoms with Crippen molar-refractivity contribution in [2.75, 3.05) is 84.8 Å². The highest BCUT2D eigenvalue weighted by atomic mass is 16.5. The molecule has 1 unspecified atom stereocenters. The molecule has 8 heteroatoms. The van der Waals surface area contributed by atoms with Gasteiger partial charge in [0.1, 0.15) is 18.0 Å². The monoisotopic (exact) mass is 604 g/mol. The van der Waals surface area contributed by atoms with Crippen LogP contribution in [0.2, 0.25) is 0 Å². The van der Waals surface area contributed by atoms with Crippen LogP contribution in [0, 0.1) is 6.92 Å². The Morgan fingerprint density at radius 2 is 1.57 bits per heavy atom. The first-order valence-corrected chi connectivity index (χ1v) is 15.9. The third-order valence-electron chi connectivity index (χ3n) is 8.33. The molecule has 0 radical (unpaired) electrons. The number of aliphatic hydroxyl groups is 1. The molecule has 4 rings (SSSR count). The number of carbonyl (C=O) groups excluding carboxylic acids is 1. The molecular weight excluding hydrogens is 554 g/mol. The molecule has 0 bridgehead atoms. The molecule has 44 heavy (non-hydrogen) atoms. The van der Waals surface area contributed by atoms with E-state index in [1.54, 1.807) is 0 Å². The van der Waals surface area contributed by atoms with Gasteiger partial charge in [0.25, 0.3) is 5.91 Å². The van der Waals surface area contributed by atoms with Crippen molar-refractivity contribution in [1.29, 1.82) is 0 Å². The lowest BCUT2D eigenvalue weighted by Crippen LogP contribution is -2.44. The third-order valence-corrected chi connectivity index (χ3v) is 8.33. The van der Waals surface area contributed by atoms with Crippen LogP contribution in [0.25, 0.3) is 0 Å². The highest BCUT2D eigenvalue weighted by molar-refractivity contribution is 5.96. The zero-order chi connectivity index (χ0) is 31.5.